The van der Waals surface area contributed by atoms with Crippen LogP contribution < -0.4 is 5.32 Å². The number of ether oxygens (including phenoxy) is 1. The normalized spacial score (nSPS) is 16.6. The topological polar surface area (TPSA) is 38.3 Å². The maximum atomic E-state index is 11.9. The van der Waals surface area contributed by atoms with Crippen LogP contribution in [0, 0.1) is 0 Å². The molecule has 0 saturated heterocycles. The van der Waals surface area contributed by atoms with Crippen LogP contribution in [0.1, 0.15) is 44.7 Å². The molecular formula is C16H21NO2. The van der Waals surface area contributed by atoms with Crippen LogP contribution in [0.25, 0.3) is 6.08 Å². The van der Waals surface area contributed by atoms with Crippen LogP contribution in [0.2, 0.25) is 0 Å². The molecule has 0 spiro atoms. The third kappa shape index (κ3) is 3.37. The van der Waals surface area contributed by atoms with Gasteiger partial charge in [-0.2, -0.15) is 0 Å². The zero-order valence-electron chi connectivity index (χ0n) is 11.8. The lowest BCUT2D eigenvalue weighted by atomic mass is 10.0. The Labute approximate surface area is 114 Å². The van der Waals surface area contributed by atoms with Crippen molar-refractivity contribution in [2.24, 2.45) is 0 Å². The summed E-state index contributed by atoms with van der Waals surface area (Å²) in [6.45, 7) is 9.37. The van der Waals surface area contributed by atoms with E-state index in [4.69, 9.17) is 4.74 Å². The molecule has 19 heavy (non-hydrogen) atoms. The van der Waals surface area contributed by atoms with E-state index in [9.17, 15) is 4.79 Å². The van der Waals surface area contributed by atoms with Crippen LogP contribution in [-0.2, 0) is 10.3 Å². The highest BCUT2D eigenvalue weighted by Gasteiger charge is 2.46. The fourth-order valence-electron chi connectivity index (χ4n) is 2.07. The lowest BCUT2D eigenvalue weighted by molar-refractivity contribution is 0.0495. The molecule has 0 bridgehead atoms. The smallest absolute Gasteiger partial charge is 0.408 e. The minimum absolute atomic E-state index is 0.249. The highest BCUT2D eigenvalue weighted by Crippen LogP contribution is 2.45. The van der Waals surface area contributed by atoms with Crippen molar-refractivity contribution < 1.29 is 9.53 Å². The van der Waals surface area contributed by atoms with E-state index < -0.39 is 5.60 Å². The summed E-state index contributed by atoms with van der Waals surface area (Å²) >= 11 is 0. The second kappa shape index (κ2) is 4.72. The molecule has 1 saturated carbocycles. The number of nitrogens with one attached hydrogen (secondary N) is 1. The van der Waals surface area contributed by atoms with Gasteiger partial charge >= 0.3 is 6.09 Å². The highest BCUT2D eigenvalue weighted by atomic mass is 16.6. The van der Waals surface area contributed by atoms with E-state index in [2.05, 4.69) is 18.0 Å². The average molecular weight is 259 g/mol. The molecular weight excluding hydrogens is 238 g/mol. The Morgan fingerprint density at radius 2 is 2.11 bits per heavy atom. The summed E-state index contributed by atoms with van der Waals surface area (Å²) in [5.41, 5.74) is 1.47. The first kappa shape index (κ1) is 13.7. The fraction of sp³-hybridized carbons (Fsp3) is 0.438. The lowest BCUT2D eigenvalue weighted by Crippen LogP contribution is -2.39. The van der Waals surface area contributed by atoms with Crippen molar-refractivity contribution in [2.45, 2.75) is 44.8 Å². The monoisotopic (exact) mass is 259 g/mol. The quantitative estimate of drug-likeness (QED) is 0.895. The molecule has 1 aromatic carbocycles. The number of benzene rings is 1. The molecule has 0 atom stereocenters. The predicted octanol–water partition coefficient (Wildman–Crippen LogP) is 3.84. The van der Waals surface area contributed by atoms with E-state index in [0.717, 1.165) is 24.0 Å². The Morgan fingerprint density at radius 3 is 2.63 bits per heavy atom. The van der Waals surface area contributed by atoms with Crippen molar-refractivity contribution in [2.75, 3.05) is 0 Å². The summed E-state index contributed by atoms with van der Waals surface area (Å²) in [5.74, 6) is 0. The Kier molecular flexibility index (Phi) is 3.40. The summed E-state index contributed by atoms with van der Waals surface area (Å²) in [6.07, 6.45) is 3.36. The molecule has 1 aromatic rings. The van der Waals surface area contributed by atoms with E-state index in [1.165, 1.54) is 0 Å². The van der Waals surface area contributed by atoms with Crippen molar-refractivity contribution >= 4 is 12.2 Å². The number of carbonyl (C=O) groups excluding carboxylic acids is 1. The Balaban J connectivity index is 2.10. The average Bonchev–Trinajstić information content (AvgIpc) is 3.07. The molecule has 3 heteroatoms. The van der Waals surface area contributed by atoms with Crippen LogP contribution in [0.3, 0.4) is 0 Å². The molecule has 0 unspecified atom stereocenters. The summed E-state index contributed by atoms with van der Waals surface area (Å²) in [5, 5.41) is 3.00. The van der Waals surface area contributed by atoms with E-state index in [-0.39, 0.29) is 11.6 Å². The fourth-order valence-corrected chi connectivity index (χ4v) is 2.07. The van der Waals surface area contributed by atoms with Gasteiger partial charge < -0.3 is 10.1 Å². The zero-order valence-corrected chi connectivity index (χ0v) is 11.8. The number of carbonyl (C=O) groups is 1. The zero-order chi connectivity index (χ0) is 14.1. The van der Waals surface area contributed by atoms with Crippen molar-refractivity contribution in [3.63, 3.8) is 0 Å². The van der Waals surface area contributed by atoms with E-state index in [1.807, 2.05) is 45.0 Å². The number of rotatable bonds is 3. The van der Waals surface area contributed by atoms with E-state index in [0.29, 0.717) is 0 Å². The summed E-state index contributed by atoms with van der Waals surface area (Å²) in [6, 6.07) is 8.10. The number of hydrogen-bond donors (Lipinski definition) is 1. The molecule has 0 heterocycles. The van der Waals surface area contributed by atoms with Crippen molar-refractivity contribution in [1.82, 2.24) is 5.32 Å². The second-order valence-corrected chi connectivity index (χ2v) is 6.04. The van der Waals surface area contributed by atoms with Gasteiger partial charge in [0.25, 0.3) is 0 Å². The van der Waals surface area contributed by atoms with Crippen LogP contribution in [0.15, 0.2) is 30.8 Å². The SMILES string of the molecule is C=Cc1cccc(C2(NC(=O)OC(C)(C)C)CC2)c1. The van der Waals surface area contributed by atoms with Crippen LogP contribution in [-0.4, -0.2) is 11.7 Å². The first-order valence-electron chi connectivity index (χ1n) is 6.59. The standard InChI is InChI=1S/C16H21NO2/c1-5-12-7-6-8-13(11-12)16(9-10-16)17-14(18)19-15(2,3)4/h5-8,11H,1,9-10H2,2-4H3,(H,17,18). The minimum atomic E-state index is -0.469. The van der Waals surface area contributed by atoms with Gasteiger partial charge in [-0.05, 0) is 50.8 Å². The maximum Gasteiger partial charge on any atom is 0.408 e. The first-order chi connectivity index (χ1) is 8.85. The maximum absolute atomic E-state index is 11.9. The van der Waals surface area contributed by atoms with Gasteiger partial charge in [0.2, 0.25) is 0 Å². The van der Waals surface area contributed by atoms with Crippen molar-refractivity contribution in [3.8, 4) is 0 Å². The molecule has 1 aliphatic carbocycles. The van der Waals surface area contributed by atoms with Gasteiger partial charge in [-0.25, -0.2) is 4.79 Å². The molecule has 1 N–H and O–H groups in total. The van der Waals surface area contributed by atoms with Gasteiger partial charge in [-0.15, -0.1) is 0 Å². The van der Waals surface area contributed by atoms with E-state index >= 15 is 0 Å². The summed E-state index contributed by atoms with van der Waals surface area (Å²) in [7, 11) is 0. The molecule has 3 nitrogen and oxygen atoms in total. The van der Waals surface area contributed by atoms with Crippen LogP contribution >= 0.6 is 0 Å². The molecule has 0 aliphatic heterocycles. The van der Waals surface area contributed by atoms with Crippen molar-refractivity contribution in [3.05, 3.63) is 42.0 Å². The van der Waals surface area contributed by atoms with Crippen LogP contribution in [0.5, 0.6) is 0 Å². The largest absolute Gasteiger partial charge is 0.444 e. The van der Waals surface area contributed by atoms with Gasteiger partial charge in [0.05, 0.1) is 5.54 Å². The Morgan fingerprint density at radius 1 is 1.42 bits per heavy atom. The van der Waals surface area contributed by atoms with Gasteiger partial charge in [0, 0.05) is 0 Å². The van der Waals surface area contributed by atoms with E-state index in [1.54, 1.807) is 0 Å². The minimum Gasteiger partial charge on any atom is -0.444 e. The molecule has 1 aliphatic rings. The summed E-state index contributed by atoms with van der Waals surface area (Å²) in [4.78, 5) is 11.9. The number of hydrogen-bond acceptors (Lipinski definition) is 2. The highest BCUT2D eigenvalue weighted by molar-refractivity contribution is 5.70. The molecule has 2 rings (SSSR count). The van der Waals surface area contributed by atoms with Crippen molar-refractivity contribution in [1.29, 1.82) is 0 Å². The van der Waals surface area contributed by atoms with Gasteiger partial charge in [0.1, 0.15) is 5.60 Å². The predicted molar refractivity (Wildman–Crippen MR) is 76.8 cm³/mol. The molecule has 1 fully saturated rings. The number of amides is 1. The molecule has 102 valence electrons. The summed E-state index contributed by atoms with van der Waals surface area (Å²) < 4.78 is 5.32. The van der Waals surface area contributed by atoms with Crippen LogP contribution in [0.4, 0.5) is 4.79 Å². The molecule has 0 aromatic heterocycles. The Hall–Kier alpha value is -1.77. The van der Waals surface area contributed by atoms with Gasteiger partial charge in [-0.3, -0.25) is 0 Å². The van der Waals surface area contributed by atoms with Gasteiger partial charge in [-0.1, -0.05) is 30.9 Å². The second-order valence-electron chi connectivity index (χ2n) is 6.04. The molecule has 0 radical (unpaired) electrons. The Bertz CT molecular complexity index is 496. The first-order valence-corrected chi connectivity index (χ1v) is 6.59. The number of alkyl carbamates (subject to hydrolysis) is 1. The molecule has 1 amide bonds. The third-order valence-corrected chi connectivity index (χ3v) is 3.17. The van der Waals surface area contributed by atoms with Gasteiger partial charge in [0.15, 0.2) is 0 Å². The lowest BCUT2D eigenvalue weighted by Gasteiger charge is -2.23. The third-order valence-electron chi connectivity index (χ3n) is 3.17.